The van der Waals surface area contributed by atoms with E-state index in [9.17, 15) is 5.11 Å². The largest absolute Gasteiger partial charge is 0.389 e. The van der Waals surface area contributed by atoms with Crippen molar-refractivity contribution in [1.29, 1.82) is 0 Å². The highest BCUT2D eigenvalue weighted by atomic mass is 16.5. The Balaban J connectivity index is 2.17. The molecule has 1 rings (SSSR count). The predicted octanol–water partition coefficient (Wildman–Crippen LogP) is 1.52. The molecular formula is C14H29NO3. The highest BCUT2D eigenvalue weighted by Gasteiger charge is 2.23. The first kappa shape index (κ1) is 15.9. The molecule has 1 aliphatic rings. The number of β-amino-alcohol motifs (C(OH)–C–C–N with tert-alkyl or cyclic N) is 1. The highest BCUT2D eigenvalue weighted by molar-refractivity contribution is 4.77. The number of likely N-dealkylation sites (tertiary alicyclic amines) is 1. The van der Waals surface area contributed by atoms with Gasteiger partial charge in [-0.05, 0) is 37.8 Å². The third-order valence-corrected chi connectivity index (χ3v) is 3.64. The van der Waals surface area contributed by atoms with Crippen molar-refractivity contribution in [3.05, 3.63) is 0 Å². The summed E-state index contributed by atoms with van der Waals surface area (Å²) in [5, 5.41) is 9.92. The van der Waals surface area contributed by atoms with E-state index in [1.165, 1.54) is 19.3 Å². The second kappa shape index (κ2) is 8.10. The lowest BCUT2D eigenvalue weighted by atomic mass is 9.85. The molecule has 0 saturated carbocycles. The molecule has 1 heterocycles. The Morgan fingerprint density at radius 2 is 2.00 bits per heavy atom. The molecule has 4 nitrogen and oxygen atoms in total. The molecule has 0 aromatic rings. The van der Waals surface area contributed by atoms with Crippen LogP contribution in [0, 0.1) is 5.41 Å². The van der Waals surface area contributed by atoms with Crippen molar-refractivity contribution in [3.63, 3.8) is 0 Å². The van der Waals surface area contributed by atoms with Gasteiger partial charge in [0.05, 0.1) is 25.9 Å². The van der Waals surface area contributed by atoms with Gasteiger partial charge in [-0.2, -0.15) is 0 Å². The third kappa shape index (κ3) is 6.69. The first-order valence-electron chi connectivity index (χ1n) is 7.00. The van der Waals surface area contributed by atoms with Gasteiger partial charge in [0.15, 0.2) is 0 Å². The SMILES string of the molecule is COCCOCC(O)CN1CCCC(C)(C)CC1. The van der Waals surface area contributed by atoms with Crippen molar-refractivity contribution < 1.29 is 14.6 Å². The Bertz CT molecular complexity index is 221. The molecule has 1 fully saturated rings. The van der Waals surface area contributed by atoms with Crippen molar-refractivity contribution in [2.75, 3.05) is 46.6 Å². The number of aliphatic hydroxyl groups excluding tert-OH is 1. The van der Waals surface area contributed by atoms with Gasteiger partial charge in [-0.1, -0.05) is 13.8 Å². The first-order valence-corrected chi connectivity index (χ1v) is 7.00. The van der Waals surface area contributed by atoms with Gasteiger partial charge >= 0.3 is 0 Å². The van der Waals surface area contributed by atoms with Gasteiger partial charge in [-0.15, -0.1) is 0 Å². The van der Waals surface area contributed by atoms with Crippen LogP contribution in [0.2, 0.25) is 0 Å². The lowest BCUT2D eigenvalue weighted by Crippen LogP contribution is -2.36. The van der Waals surface area contributed by atoms with Crippen LogP contribution in [-0.2, 0) is 9.47 Å². The van der Waals surface area contributed by atoms with Crippen LogP contribution in [0.3, 0.4) is 0 Å². The normalized spacial score (nSPS) is 22.7. The van der Waals surface area contributed by atoms with E-state index in [4.69, 9.17) is 9.47 Å². The molecule has 0 spiro atoms. The Morgan fingerprint density at radius 1 is 1.22 bits per heavy atom. The topological polar surface area (TPSA) is 41.9 Å². The fraction of sp³-hybridized carbons (Fsp3) is 1.00. The number of rotatable bonds is 7. The van der Waals surface area contributed by atoms with Crippen LogP contribution in [0.4, 0.5) is 0 Å². The fourth-order valence-electron chi connectivity index (χ4n) is 2.37. The van der Waals surface area contributed by atoms with Gasteiger partial charge in [-0.3, -0.25) is 0 Å². The van der Waals surface area contributed by atoms with Crippen LogP contribution in [-0.4, -0.2) is 62.7 Å². The minimum Gasteiger partial charge on any atom is -0.389 e. The molecule has 1 aliphatic heterocycles. The van der Waals surface area contributed by atoms with Crippen LogP contribution < -0.4 is 0 Å². The van der Waals surface area contributed by atoms with E-state index in [0.29, 0.717) is 25.2 Å². The van der Waals surface area contributed by atoms with Crippen LogP contribution in [0.5, 0.6) is 0 Å². The van der Waals surface area contributed by atoms with Crippen LogP contribution in [0.25, 0.3) is 0 Å². The van der Waals surface area contributed by atoms with E-state index < -0.39 is 0 Å². The van der Waals surface area contributed by atoms with Gasteiger partial charge in [0.1, 0.15) is 0 Å². The van der Waals surface area contributed by atoms with Gasteiger partial charge in [0.2, 0.25) is 0 Å². The van der Waals surface area contributed by atoms with E-state index in [0.717, 1.165) is 19.6 Å². The Kier molecular flexibility index (Phi) is 7.15. The Morgan fingerprint density at radius 3 is 2.72 bits per heavy atom. The van der Waals surface area contributed by atoms with Crippen LogP contribution in [0.15, 0.2) is 0 Å². The van der Waals surface area contributed by atoms with Gasteiger partial charge in [-0.25, -0.2) is 0 Å². The Labute approximate surface area is 111 Å². The maximum absolute atomic E-state index is 9.92. The van der Waals surface area contributed by atoms with E-state index in [1.807, 2.05) is 0 Å². The van der Waals surface area contributed by atoms with Gasteiger partial charge < -0.3 is 19.5 Å². The minimum atomic E-state index is -0.386. The molecule has 1 N–H and O–H groups in total. The molecule has 0 amide bonds. The lowest BCUT2D eigenvalue weighted by molar-refractivity contribution is -0.000386. The molecule has 0 radical (unpaired) electrons. The number of aliphatic hydroxyl groups is 1. The summed E-state index contributed by atoms with van der Waals surface area (Å²) in [7, 11) is 1.65. The summed E-state index contributed by atoms with van der Waals surface area (Å²) < 4.78 is 10.2. The first-order chi connectivity index (χ1) is 8.53. The third-order valence-electron chi connectivity index (χ3n) is 3.64. The minimum absolute atomic E-state index is 0.386. The zero-order valence-electron chi connectivity index (χ0n) is 12.2. The second-order valence-electron chi connectivity index (χ2n) is 6.04. The standard InChI is InChI=1S/C14H29NO3/c1-14(2)5-4-7-15(8-6-14)11-13(16)12-18-10-9-17-3/h13,16H,4-12H2,1-3H3. The molecule has 0 aromatic heterocycles. The molecule has 18 heavy (non-hydrogen) atoms. The van der Waals surface area contributed by atoms with Crippen molar-refractivity contribution in [2.24, 2.45) is 5.41 Å². The average Bonchev–Trinajstić information content (AvgIpc) is 2.47. The summed E-state index contributed by atoms with van der Waals surface area (Å²) in [5.74, 6) is 0. The maximum Gasteiger partial charge on any atom is 0.0900 e. The van der Waals surface area contributed by atoms with Crippen LogP contribution >= 0.6 is 0 Å². The lowest BCUT2D eigenvalue weighted by Gasteiger charge is -2.25. The molecule has 0 bridgehead atoms. The average molecular weight is 259 g/mol. The van der Waals surface area contributed by atoms with E-state index in [-0.39, 0.29) is 6.10 Å². The fourth-order valence-corrected chi connectivity index (χ4v) is 2.37. The molecule has 4 heteroatoms. The Hall–Kier alpha value is -0.160. The van der Waals surface area contributed by atoms with Crippen molar-refractivity contribution in [3.8, 4) is 0 Å². The number of ether oxygens (including phenoxy) is 2. The van der Waals surface area contributed by atoms with Crippen molar-refractivity contribution >= 4 is 0 Å². The highest BCUT2D eigenvalue weighted by Crippen LogP contribution is 2.29. The molecule has 108 valence electrons. The molecule has 1 atom stereocenters. The van der Waals surface area contributed by atoms with E-state index >= 15 is 0 Å². The summed E-state index contributed by atoms with van der Waals surface area (Å²) in [4.78, 5) is 2.36. The summed E-state index contributed by atoms with van der Waals surface area (Å²) in [6, 6.07) is 0. The second-order valence-corrected chi connectivity index (χ2v) is 6.04. The summed E-state index contributed by atoms with van der Waals surface area (Å²) >= 11 is 0. The van der Waals surface area contributed by atoms with Gasteiger partial charge in [0, 0.05) is 13.7 Å². The zero-order valence-corrected chi connectivity index (χ0v) is 12.2. The smallest absolute Gasteiger partial charge is 0.0900 e. The number of methoxy groups -OCH3 is 1. The summed E-state index contributed by atoms with van der Waals surface area (Å²) in [6.45, 7) is 9.12. The molecular weight excluding hydrogens is 230 g/mol. The molecule has 1 unspecified atom stereocenters. The number of hydrogen-bond donors (Lipinski definition) is 1. The summed E-state index contributed by atoms with van der Waals surface area (Å²) in [5.41, 5.74) is 0.453. The quantitative estimate of drug-likeness (QED) is 0.704. The van der Waals surface area contributed by atoms with Crippen molar-refractivity contribution in [2.45, 2.75) is 39.2 Å². The van der Waals surface area contributed by atoms with Crippen LogP contribution in [0.1, 0.15) is 33.1 Å². The predicted molar refractivity (Wildman–Crippen MR) is 72.8 cm³/mol. The number of hydrogen-bond acceptors (Lipinski definition) is 4. The molecule has 0 aliphatic carbocycles. The van der Waals surface area contributed by atoms with Crippen molar-refractivity contribution in [1.82, 2.24) is 4.90 Å². The number of nitrogens with zero attached hydrogens (tertiary/aromatic N) is 1. The molecule has 1 saturated heterocycles. The molecule has 0 aromatic carbocycles. The zero-order chi connectivity index (χ0) is 13.4. The monoisotopic (exact) mass is 259 g/mol. The summed E-state index contributed by atoms with van der Waals surface area (Å²) in [6.07, 6.45) is 3.33. The van der Waals surface area contributed by atoms with E-state index in [1.54, 1.807) is 7.11 Å². The van der Waals surface area contributed by atoms with E-state index in [2.05, 4.69) is 18.7 Å². The van der Waals surface area contributed by atoms with Gasteiger partial charge in [0.25, 0.3) is 0 Å². The maximum atomic E-state index is 9.92.